The lowest BCUT2D eigenvalue weighted by atomic mass is 10.1. The van der Waals surface area contributed by atoms with Crippen molar-refractivity contribution in [3.63, 3.8) is 0 Å². The minimum absolute atomic E-state index is 0. The van der Waals surface area contributed by atoms with Gasteiger partial charge in [-0.15, -0.1) is 17.5 Å². The third-order valence-electron chi connectivity index (χ3n) is 4.47. The second-order valence-corrected chi connectivity index (χ2v) is 6.29. The fourth-order valence-corrected chi connectivity index (χ4v) is 3.09. The van der Waals surface area contributed by atoms with Gasteiger partial charge in [-0.05, 0) is 32.3 Å². The maximum Gasteiger partial charge on any atom is 0.453 e. The van der Waals surface area contributed by atoms with Gasteiger partial charge in [0.15, 0.2) is 0 Å². The highest BCUT2D eigenvalue weighted by Gasteiger charge is 2.37. The zero-order valence-corrected chi connectivity index (χ0v) is 15.2. The Labute approximate surface area is 154 Å². The van der Waals surface area contributed by atoms with Gasteiger partial charge in [0.05, 0.1) is 0 Å². The molecule has 0 aliphatic carbocycles. The number of amides is 1. The average Bonchev–Trinajstić information content (AvgIpc) is 3.12. The van der Waals surface area contributed by atoms with Crippen LogP contribution in [0.2, 0.25) is 0 Å². The molecule has 2 aromatic heterocycles. The van der Waals surface area contributed by atoms with Crippen LogP contribution >= 0.6 is 12.4 Å². The lowest BCUT2D eigenvalue weighted by Gasteiger charge is -2.16. The van der Waals surface area contributed by atoms with E-state index in [1.807, 2.05) is 0 Å². The fourth-order valence-electron chi connectivity index (χ4n) is 3.09. The molecule has 0 aromatic carbocycles. The molecule has 1 fully saturated rings. The Kier molecular flexibility index (Phi) is 5.76. The summed E-state index contributed by atoms with van der Waals surface area (Å²) in [4.78, 5) is 21.5. The molecule has 11 heteroatoms. The summed E-state index contributed by atoms with van der Waals surface area (Å²) in [6, 6.07) is 0.0152. The topological polar surface area (TPSA) is 89.4 Å². The SMILES string of the molecule is Cc1nc2nc(C(F)(F)F)nn2c(C)c1CCC(=O)N1CC[C@@H](N)C1.Cl. The Morgan fingerprint density at radius 1 is 1.31 bits per heavy atom. The summed E-state index contributed by atoms with van der Waals surface area (Å²) >= 11 is 0. The number of alkyl halides is 3. The molecule has 1 saturated heterocycles. The molecule has 3 rings (SSSR count). The highest BCUT2D eigenvalue weighted by molar-refractivity contribution is 5.85. The van der Waals surface area contributed by atoms with E-state index in [9.17, 15) is 18.0 Å². The lowest BCUT2D eigenvalue weighted by Crippen LogP contribution is -2.32. The second-order valence-electron chi connectivity index (χ2n) is 6.29. The second kappa shape index (κ2) is 7.36. The minimum Gasteiger partial charge on any atom is -0.341 e. The van der Waals surface area contributed by atoms with Crippen molar-refractivity contribution in [2.75, 3.05) is 13.1 Å². The number of likely N-dealkylation sites (tertiary alicyclic amines) is 1. The summed E-state index contributed by atoms with van der Waals surface area (Å²) in [5.74, 6) is -1.33. The number of hydrogen-bond acceptors (Lipinski definition) is 5. The van der Waals surface area contributed by atoms with Crippen molar-refractivity contribution in [1.29, 1.82) is 0 Å². The Hall–Kier alpha value is -1.94. The number of carbonyl (C=O) groups excluding carboxylic acids is 1. The van der Waals surface area contributed by atoms with E-state index in [0.717, 1.165) is 10.9 Å². The largest absolute Gasteiger partial charge is 0.453 e. The highest BCUT2D eigenvalue weighted by atomic mass is 35.5. The number of nitrogens with two attached hydrogens (primary N) is 1. The van der Waals surface area contributed by atoms with Crippen molar-refractivity contribution in [2.24, 2.45) is 5.73 Å². The number of hydrogen-bond donors (Lipinski definition) is 1. The summed E-state index contributed by atoms with van der Waals surface area (Å²) in [5, 5.41) is 3.51. The van der Waals surface area contributed by atoms with E-state index >= 15 is 0 Å². The van der Waals surface area contributed by atoms with Gasteiger partial charge in [0.25, 0.3) is 11.6 Å². The molecule has 3 heterocycles. The molecule has 1 aliphatic heterocycles. The Balaban J connectivity index is 0.00000243. The molecule has 26 heavy (non-hydrogen) atoms. The minimum atomic E-state index is -4.63. The molecule has 0 unspecified atom stereocenters. The molecule has 0 bridgehead atoms. The van der Waals surface area contributed by atoms with Gasteiger partial charge in [-0.3, -0.25) is 4.79 Å². The number of rotatable bonds is 3. The molecule has 7 nitrogen and oxygen atoms in total. The molecule has 144 valence electrons. The molecule has 1 aliphatic rings. The van der Waals surface area contributed by atoms with Crippen LogP contribution in [0.1, 0.15) is 35.6 Å². The molecular formula is C15H20ClF3N6O. The van der Waals surface area contributed by atoms with E-state index in [2.05, 4.69) is 15.1 Å². The lowest BCUT2D eigenvalue weighted by molar-refractivity contribution is -0.144. The summed E-state index contributed by atoms with van der Waals surface area (Å²) in [7, 11) is 0. The van der Waals surface area contributed by atoms with Crippen LogP contribution in [0.25, 0.3) is 5.78 Å². The van der Waals surface area contributed by atoms with Crippen LogP contribution in [0.5, 0.6) is 0 Å². The zero-order chi connectivity index (χ0) is 18.4. The van der Waals surface area contributed by atoms with Crippen LogP contribution < -0.4 is 5.73 Å². The molecule has 2 N–H and O–H groups in total. The Morgan fingerprint density at radius 3 is 2.58 bits per heavy atom. The van der Waals surface area contributed by atoms with Crippen molar-refractivity contribution >= 4 is 24.1 Å². The normalized spacial score (nSPS) is 17.6. The zero-order valence-electron chi connectivity index (χ0n) is 14.4. The Morgan fingerprint density at radius 2 is 2.00 bits per heavy atom. The van der Waals surface area contributed by atoms with Crippen LogP contribution in [0, 0.1) is 13.8 Å². The quantitative estimate of drug-likeness (QED) is 0.858. The molecule has 2 aromatic rings. The van der Waals surface area contributed by atoms with Crippen LogP contribution in [-0.4, -0.2) is 49.5 Å². The Bertz CT molecular complexity index is 822. The van der Waals surface area contributed by atoms with E-state index < -0.39 is 12.0 Å². The summed E-state index contributed by atoms with van der Waals surface area (Å²) in [5.41, 5.74) is 7.58. The average molecular weight is 393 g/mol. The summed E-state index contributed by atoms with van der Waals surface area (Å²) in [6.45, 7) is 4.54. The number of fused-ring (bicyclic) bond motifs is 1. The van der Waals surface area contributed by atoms with Gasteiger partial charge < -0.3 is 10.6 Å². The molecule has 0 saturated carbocycles. The van der Waals surface area contributed by atoms with Gasteiger partial charge in [0, 0.05) is 36.9 Å². The smallest absolute Gasteiger partial charge is 0.341 e. The van der Waals surface area contributed by atoms with E-state index in [1.54, 1.807) is 18.7 Å². The number of aromatic nitrogens is 4. The van der Waals surface area contributed by atoms with Crippen molar-refractivity contribution in [2.45, 2.75) is 45.3 Å². The number of halogens is 4. The molecule has 1 atom stereocenters. The monoisotopic (exact) mass is 392 g/mol. The van der Waals surface area contributed by atoms with E-state index in [-0.39, 0.29) is 36.6 Å². The molecule has 0 radical (unpaired) electrons. The first kappa shape index (κ1) is 20.4. The first-order valence-corrected chi connectivity index (χ1v) is 8.00. The first-order chi connectivity index (χ1) is 11.7. The summed E-state index contributed by atoms with van der Waals surface area (Å²) in [6.07, 6.45) is -3.20. The van der Waals surface area contributed by atoms with Crippen LogP contribution in [-0.2, 0) is 17.4 Å². The van der Waals surface area contributed by atoms with Gasteiger partial charge in [-0.2, -0.15) is 18.2 Å². The van der Waals surface area contributed by atoms with Crippen molar-refractivity contribution in [3.8, 4) is 0 Å². The predicted molar refractivity (Wildman–Crippen MR) is 90.0 cm³/mol. The van der Waals surface area contributed by atoms with Crippen molar-refractivity contribution in [3.05, 3.63) is 22.8 Å². The van der Waals surface area contributed by atoms with Gasteiger partial charge in [-0.1, -0.05) is 0 Å². The third-order valence-corrected chi connectivity index (χ3v) is 4.47. The maximum atomic E-state index is 12.8. The standard InChI is InChI=1S/C15H19F3N6O.ClH/c1-8-11(3-4-12(25)23-6-5-10(19)7-23)9(2)24-14(20-8)21-13(22-24)15(16,17)18;/h10H,3-7,19H2,1-2H3;1H/t10-;/m1./s1. The van der Waals surface area contributed by atoms with E-state index in [0.29, 0.717) is 36.5 Å². The van der Waals surface area contributed by atoms with Crippen LogP contribution in [0.4, 0.5) is 13.2 Å². The maximum absolute atomic E-state index is 12.8. The predicted octanol–water partition coefficient (Wildman–Crippen LogP) is 1.67. The van der Waals surface area contributed by atoms with Crippen LogP contribution in [0.3, 0.4) is 0 Å². The van der Waals surface area contributed by atoms with Gasteiger partial charge in [0.1, 0.15) is 0 Å². The number of aryl methyl sites for hydroxylation is 2. The molecule has 1 amide bonds. The number of carbonyl (C=O) groups is 1. The first-order valence-electron chi connectivity index (χ1n) is 8.00. The highest BCUT2D eigenvalue weighted by Crippen LogP contribution is 2.27. The van der Waals surface area contributed by atoms with Gasteiger partial charge >= 0.3 is 6.18 Å². The van der Waals surface area contributed by atoms with E-state index in [4.69, 9.17) is 5.73 Å². The molecular weight excluding hydrogens is 373 g/mol. The van der Waals surface area contributed by atoms with Gasteiger partial charge in [0.2, 0.25) is 5.91 Å². The summed E-state index contributed by atoms with van der Waals surface area (Å²) < 4.78 is 39.5. The van der Waals surface area contributed by atoms with E-state index in [1.165, 1.54) is 0 Å². The van der Waals surface area contributed by atoms with Crippen molar-refractivity contribution < 1.29 is 18.0 Å². The molecule has 0 spiro atoms. The number of nitrogens with zero attached hydrogens (tertiary/aromatic N) is 5. The van der Waals surface area contributed by atoms with Crippen LogP contribution in [0.15, 0.2) is 0 Å². The third kappa shape index (κ3) is 3.90. The van der Waals surface area contributed by atoms with Crippen molar-refractivity contribution in [1.82, 2.24) is 24.5 Å². The van der Waals surface area contributed by atoms with Gasteiger partial charge in [-0.25, -0.2) is 9.50 Å². The fraction of sp³-hybridized carbons (Fsp3) is 0.600.